The number of rotatable bonds is 5. The van der Waals surface area contributed by atoms with Crippen molar-refractivity contribution in [1.29, 1.82) is 0 Å². The smallest absolute Gasteiger partial charge is 0.218 e. The number of carbonyl (C=O) groups excluding carboxylic acids is 1. The lowest BCUT2D eigenvalue weighted by Crippen LogP contribution is -2.30. The van der Waals surface area contributed by atoms with Gasteiger partial charge in [-0.15, -0.1) is 0 Å². The largest absolute Gasteiger partial charge is 0.370 e. The molecule has 2 aromatic rings. The van der Waals surface area contributed by atoms with E-state index < -0.39 is 0 Å². The van der Waals surface area contributed by atoms with Crippen LogP contribution < -0.4 is 11.1 Å². The number of primary amides is 1. The van der Waals surface area contributed by atoms with Gasteiger partial charge in [-0.1, -0.05) is 18.2 Å². The van der Waals surface area contributed by atoms with Crippen molar-refractivity contribution in [2.45, 2.75) is 32.9 Å². The molecule has 0 bridgehead atoms. The molecule has 0 aliphatic rings. The molecule has 0 saturated heterocycles. The van der Waals surface area contributed by atoms with E-state index in [1.54, 1.807) is 0 Å². The van der Waals surface area contributed by atoms with Crippen molar-refractivity contribution in [3.8, 4) is 0 Å². The number of pyridine rings is 1. The first-order valence-electron chi connectivity index (χ1n) is 6.43. The zero-order chi connectivity index (χ0) is 13.8. The Morgan fingerprint density at radius 3 is 2.89 bits per heavy atom. The van der Waals surface area contributed by atoms with Crippen molar-refractivity contribution < 1.29 is 4.79 Å². The first-order valence-corrected chi connectivity index (χ1v) is 6.43. The molecule has 1 aromatic heterocycles. The van der Waals surface area contributed by atoms with Gasteiger partial charge < -0.3 is 11.1 Å². The third kappa shape index (κ3) is 3.51. The number of nitrogens with one attached hydrogen (secondary N) is 1. The van der Waals surface area contributed by atoms with Crippen molar-refractivity contribution >= 4 is 16.8 Å². The lowest BCUT2D eigenvalue weighted by Gasteiger charge is -2.13. The third-order valence-corrected chi connectivity index (χ3v) is 3.08. The Labute approximate surface area is 113 Å². The van der Waals surface area contributed by atoms with Gasteiger partial charge in [-0.25, -0.2) is 0 Å². The van der Waals surface area contributed by atoms with Crippen molar-refractivity contribution in [1.82, 2.24) is 10.3 Å². The van der Waals surface area contributed by atoms with Crippen LogP contribution in [0.15, 0.2) is 30.3 Å². The standard InChI is InChI=1S/C15H19N3O/c1-10(8-15(16)19)17-9-12-7-11(2)18-14-6-4-3-5-13(12)14/h3-7,10,17H,8-9H2,1-2H3,(H2,16,19). The van der Waals surface area contributed by atoms with Crippen LogP contribution in [0.2, 0.25) is 0 Å². The quantitative estimate of drug-likeness (QED) is 0.859. The number of aromatic nitrogens is 1. The molecule has 0 saturated carbocycles. The summed E-state index contributed by atoms with van der Waals surface area (Å²) in [4.78, 5) is 15.4. The predicted octanol–water partition coefficient (Wildman–Crippen LogP) is 1.90. The first-order chi connectivity index (χ1) is 9.06. The fourth-order valence-corrected chi connectivity index (χ4v) is 2.20. The van der Waals surface area contributed by atoms with Crippen molar-refractivity contribution in [2.24, 2.45) is 5.73 Å². The maximum Gasteiger partial charge on any atom is 0.218 e. The molecular weight excluding hydrogens is 238 g/mol. The van der Waals surface area contributed by atoms with Gasteiger partial charge in [0.1, 0.15) is 0 Å². The number of aryl methyl sites for hydroxylation is 1. The van der Waals surface area contributed by atoms with Gasteiger partial charge in [-0.2, -0.15) is 0 Å². The zero-order valence-electron chi connectivity index (χ0n) is 11.3. The number of para-hydroxylation sites is 1. The van der Waals surface area contributed by atoms with Crippen LogP contribution in [0.1, 0.15) is 24.6 Å². The van der Waals surface area contributed by atoms with E-state index in [0.29, 0.717) is 13.0 Å². The van der Waals surface area contributed by atoms with Crippen LogP contribution >= 0.6 is 0 Å². The van der Waals surface area contributed by atoms with E-state index in [1.807, 2.05) is 32.0 Å². The molecule has 0 fully saturated rings. The van der Waals surface area contributed by atoms with Crippen LogP contribution in [-0.2, 0) is 11.3 Å². The molecule has 4 nitrogen and oxygen atoms in total. The molecule has 0 radical (unpaired) electrons. The summed E-state index contributed by atoms with van der Waals surface area (Å²) in [6.45, 7) is 4.65. The van der Waals surface area contributed by atoms with Gasteiger partial charge in [-0.05, 0) is 31.5 Å². The normalized spacial score (nSPS) is 12.5. The molecule has 1 heterocycles. The minimum absolute atomic E-state index is 0.0738. The van der Waals surface area contributed by atoms with E-state index in [-0.39, 0.29) is 11.9 Å². The van der Waals surface area contributed by atoms with Crippen LogP contribution in [0.5, 0.6) is 0 Å². The zero-order valence-corrected chi connectivity index (χ0v) is 11.3. The number of amides is 1. The topological polar surface area (TPSA) is 68.0 Å². The Kier molecular flexibility index (Phi) is 4.12. The molecule has 1 aromatic carbocycles. The summed E-state index contributed by atoms with van der Waals surface area (Å²) in [6.07, 6.45) is 0.349. The van der Waals surface area contributed by atoms with E-state index >= 15 is 0 Å². The van der Waals surface area contributed by atoms with Gasteiger partial charge in [0.2, 0.25) is 5.91 Å². The van der Waals surface area contributed by atoms with Crippen LogP contribution in [-0.4, -0.2) is 16.9 Å². The minimum Gasteiger partial charge on any atom is -0.370 e. The highest BCUT2D eigenvalue weighted by Crippen LogP contribution is 2.18. The van der Waals surface area contributed by atoms with Gasteiger partial charge in [0.15, 0.2) is 0 Å². The molecule has 3 N–H and O–H groups in total. The number of benzene rings is 1. The molecule has 0 spiro atoms. The summed E-state index contributed by atoms with van der Waals surface area (Å²) in [5, 5.41) is 4.47. The molecule has 2 rings (SSSR count). The Bertz CT molecular complexity index is 595. The minimum atomic E-state index is -0.282. The average molecular weight is 257 g/mol. The number of fused-ring (bicyclic) bond motifs is 1. The molecular formula is C15H19N3O. The highest BCUT2D eigenvalue weighted by atomic mass is 16.1. The van der Waals surface area contributed by atoms with Gasteiger partial charge in [0, 0.05) is 30.1 Å². The molecule has 19 heavy (non-hydrogen) atoms. The average Bonchev–Trinajstić information content (AvgIpc) is 2.35. The molecule has 4 heteroatoms. The Morgan fingerprint density at radius 2 is 2.16 bits per heavy atom. The monoisotopic (exact) mass is 257 g/mol. The fraction of sp³-hybridized carbons (Fsp3) is 0.333. The summed E-state index contributed by atoms with van der Waals surface area (Å²) >= 11 is 0. The van der Waals surface area contributed by atoms with Crippen molar-refractivity contribution in [3.05, 3.63) is 41.6 Å². The second kappa shape index (κ2) is 5.80. The van der Waals surface area contributed by atoms with Crippen LogP contribution in [0, 0.1) is 6.92 Å². The van der Waals surface area contributed by atoms with Crippen molar-refractivity contribution in [2.75, 3.05) is 0 Å². The number of hydrogen-bond acceptors (Lipinski definition) is 3. The molecule has 0 aliphatic carbocycles. The maximum absolute atomic E-state index is 10.9. The molecule has 1 atom stereocenters. The van der Waals surface area contributed by atoms with Crippen molar-refractivity contribution in [3.63, 3.8) is 0 Å². The Hall–Kier alpha value is -1.94. The first kappa shape index (κ1) is 13.5. The van der Waals surface area contributed by atoms with E-state index in [2.05, 4.69) is 22.4 Å². The lowest BCUT2D eigenvalue weighted by atomic mass is 10.1. The Balaban J connectivity index is 2.18. The van der Waals surface area contributed by atoms with Gasteiger partial charge in [0.25, 0.3) is 0 Å². The molecule has 0 aliphatic heterocycles. The molecule has 1 amide bonds. The Morgan fingerprint density at radius 1 is 1.42 bits per heavy atom. The van der Waals surface area contributed by atoms with Crippen LogP contribution in [0.4, 0.5) is 0 Å². The van der Waals surface area contributed by atoms with E-state index in [0.717, 1.165) is 16.6 Å². The van der Waals surface area contributed by atoms with E-state index in [4.69, 9.17) is 5.73 Å². The van der Waals surface area contributed by atoms with Gasteiger partial charge >= 0.3 is 0 Å². The van der Waals surface area contributed by atoms with E-state index in [1.165, 1.54) is 5.56 Å². The number of nitrogens with zero attached hydrogens (tertiary/aromatic N) is 1. The molecule has 100 valence electrons. The number of nitrogens with two attached hydrogens (primary N) is 1. The second-order valence-electron chi connectivity index (χ2n) is 4.89. The highest BCUT2D eigenvalue weighted by molar-refractivity contribution is 5.82. The predicted molar refractivity (Wildman–Crippen MR) is 76.6 cm³/mol. The van der Waals surface area contributed by atoms with Gasteiger partial charge in [0.05, 0.1) is 5.52 Å². The van der Waals surface area contributed by atoms with Crippen LogP contribution in [0.3, 0.4) is 0 Å². The summed E-state index contributed by atoms with van der Waals surface area (Å²) in [6, 6.07) is 10.2. The summed E-state index contributed by atoms with van der Waals surface area (Å²) in [5.41, 5.74) is 8.38. The number of hydrogen-bond donors (Lipinski definition) is 2. The van der Waals surface area contributed by atoms with E-state index in [9.17, 15) is 4.79 Å². The SMILES string of the molecule is Cc1cc(CNC(C)CC(N)=O)c2ccccc2n1. The second-order valence-corrected chi connectivity index (χ2v) is 4.89. The maximum atomic E-state index is 10.9. The summed E-state index contributed by atoms with van der Waals surface area (Å²) in [5.74, 6) is -0.282. The fourth-order valence-electron chi connectivity index (χ4n) is 2.20. The lowest BCUT2D eigenvalue weighted by molar-refractivity contribution is -0.118. The molecule has 1 unspecified atom stereocenters. The van der Waals surface area contributed by atoms with Gasteiger partial charge in [-0.3, -0.25) is 9.78 Å². The highest BCUT2D eigenvalue weighted by Gasteiger charge is 2.07. The summed E-state index contributed by atoms with van der Waals surface area (Å²) in [7, 11) is 0. The summed E-state index contributed by atoms with van der Waals surface area (Å²) < 4.78 is 0. The van der Waals surface area contributed by atoms with Crippen LogP contribution in [0.25, 0.3) is 10.9 Å². The third-order valence-electron chi connectivity index (χ3n) is 3.08. The number of carbonyl (C=O) groups is 1.